The first kappa shape index (κ1) is 13.5. The summed E-state index contributed by atoms with van der Waals surface area (Å²) >= 11 is 0. The van der Waals surface area contributed by atoms with Crippen molar-refractivity contribution in [3.05, 3.63) is 23.0 Å². The standard InChI is InChI=1S/C16H24N2O2/c1-7-10-12-9-15(2,3)18-11(14(19)20-6)8-13(17(12)18)16(10,4)5/h8,13H,7,9H2,1-6H3. The molecule has 4 heteroatoms. The van der Waals surface area contributed by atoms with Crippen LogP contribution in [0, 0.1) is 5.41 Å². The van der Waals surface area contributed by atoms with Gasteiger partial charge in [0.05, 0.1) is 18.7 Å². The zero-order valence-electron chi connectivity index (χ0n) is 13.3. The van der Waals surface area contributed by atoms with Gasteiger partial charge in [0.1, 0.15) is 5.70 Å². The van der Waals surface area contributed by atoms with Gasteiger partial charge in [0, 0.05) is 17.5 Å². The normalized spacial score (nSPS) is 28.9. The Morgan fingerprint density at radius 3 is 2.60 bits per heavy atom. The molecule has 0 spiro atoms. The lowest BCUT2D eigenvalue weighted by molar-refractivity contribution is -0.140. The highest BCUT2D eigenvalue weighted by atomic mass is 16.5. The van der Waals surface area contributed by atoms with Crippen LogP contribution in [0.1, 0.15) is 47.5 Å². The lowest BCUT2D eigenvalue weighted by Gasteiger charge is -2.38. The van der Waals surface area contributed by atoms with E-state index in [2.05, 4.69) is 50.7 Å². The molecule has 0 amide bonds. The van der Waals surface area contributed by atoms with Gasteiger partial charge in [-0.25, -0.2) is 4.79 Å². The summed E-state index contributed by atoms with van der Waals surface area (Å²) in [6, 6.07) is 0.239. The van der Waals surface area contributed by atoms with Crippen LogP contribution in [0.2, 0.25) is 0 Å². The second-order valence-corrected chi connectivity index (χ2v) is 7.13. The van der Waals surface area contributed by atoms with Crippen LogP contribution in [-0.4, -0.2) is 34.7 Å². The number of ether oxygens (including phenoxy) is 1. The van der Waals surface area contributed by atoms with Crippen molar-refractivity contribution in [1.29, 1.82) is 0 Å². The van der Waals surface area contributed by atoms with Crippen molar-refractivity contribution >= 4 is 5.97 Å². The molecule has 3 aliphatic heterocycles. The van der Waals surface area contributed by atoms with E-state index in [9.17, 15) is 4.79 Å². The lowest BCUT2D eigenvalue weighted by atomic mass is 9.78. The molecule has 110 valence electrons. The fourth-order valence-corrected chi connectivity index (χ4v) is 4.23. The molecule has 3 aliphatic rings. The molecule has 3 heterocycles. The second-order valence-electron chi connectivity index (χ2n) is 7.13. The predicted octanol–water partition coefficient (Wildman–Crippen LogP) is 2.83. The van der Waals surface area contributed by atoms with Crippen molar-refractivity contribution in [1.82, 2.24) is 10.0 Å². The van der Waals surface area contributed by atoms with Gasteiger partial charge in [0.15, 0.2) is 0 Å². The Labute approximate surface area is 121 Å². The number of hydrogen-bond acceptors (Lipinski definition) is 4. The lowest BCUT2D eigenvalue weighted by Crippen LogP contribution is -2.47. The Bertz CT molecular complexity index is 543. The second kappa shape index (κ2) is 3.80. The van der Waals surface area contributed by atoms with E-state index < -0.39 is 0 Å². The van der Waals surface area contributed by atoms with E-state index in [-0.39, 0.29) is 23.0 Å². The first-order valence-electron chi connectivity index (χ1n) is 7.37. The highest BCUT2D eigenvalue weighted by Gasteiger charge is 2.59. The fourth-order valence-electron chi connectivity index (χ4n) is 4.23. The zero-order chi connectivity index (χ0) is 14.9. The van der Waals surface area contributed by atoms with Gasteiger partial charge in [-0.05, 0) is 31.9 Å². The fraction of sp³-hybridized carbons (Fsp3) is 0.688. The van der Waals surface area contributed by atoms with Crippen molar-refractivity contribution in [2.75, 3.05) is 7.11 Å². The molecular formula is C16H24N2O2. The maximum atomic E-state index is 12.1. The monoisotopic (exact) mass is 276 g/mol. The molecule has 0 aromatic carbocycles. The van der Waals surface area contributed by atoms with Gasteiger partial charge in [-0.3, -0.25) is 10.0 Å². The molecule has 0 radical (unpaired) electrons. The molecule has 1 saturated heterocycles. The molecule has 1 fully saturated rings. The summed E-state index contributed by atoms with van der Waals surface area (Å²) in [6.45, 7) is 11.2. The van der Waals surface area contributed by atoms with E-state index in [1.54, 1.807) is 0 Å². The number of carbonyl (C=O) groups excluding carboxylic acids is 1. The Morgan fingerprint density at radius 1 is 1.40 bits per heavy atom. The van der Waals surface area contributed by atoms with Crippen molar-refractivity contribution in [3.63, 3.8) is 0 Å². The zero-order valence-corrected chi connectivity index (χ0v) is 13.3. The van der Waals surface area contributed by atoms with Gasteiger partial charge in [-0.2, -0.15) is 0 Å². The largest absolute Gasteiger partial charge is 0.464 e. The Morgan fingerprint density at radius 2 is 2.05 bits per heavy atom. The van der Waals surface area contributed by atoms with Gasteiger partial charge < -0.3 is 4.74 Å². The van der Waals surface area contributed by atoms with Crippen molar-refractivity contribution < 1.29 is 9.53 Å². The van der Waals surface area contributed by atoms with Gasteiger partial charge in [0.25, 0.3) is 0 Å². The van der Waals surface area contributed by atoms with Crippen LogP contribution in [0.15, 0.2) is 23.0 Å². The third-order valence-electron chi connectivity index (χ3n) is 5.09. The number of rotatable bonds is 2. The number of esters is 1. The molecule has 0 bridgehead atoms. The maximum Gasteiger partial charge on any atom is 0.355 e. The van der Waals surface area contributed by atoms with E-state index in [0.29, 0.717) is 5.70 Å². The number of hydrazine groups is 1. The average Bonchev–Trinajstić information content (AvgIpc) is 2.93. The van der Waals surface area contributed by atoms with Gasteiger partial charge in [0.2, 0.25) is 0 Å². The third-order valence-corrected chi connectivity index (χ3v) is 5.09. The van der Waals surface area contributed by atoms with Crippen LogP contribution in [0.25, 0.3) is 0 Å². The maximum absolute atomic E-state index is 12.1. The molecule has 20 heavy (non-hydrogen) atoms. The minimum Gasteiger partial charge on any atom is -0.464 e. The molecule has 0 N–H and O–H groups in total. The molecule has 1 atom stereocenters. The molecular weight excluding hydrogens is 252 g/mol. The number of methoxy groups -OCH3 is 1. The first-order valence-corrected chi connectivity index (χ1v) is 7.37. The Kier molecular flexibility index (Phi) is 2.57. The van der Waals surface area contributed by atoms with Crippen LogP contribution in [-0.2, 0) is 9.53 Å². The topological polar surface area (TPSA) is 32.8 Å². The van der Waals surface area contributed by atoms with Gasteiger partial charge >= 0.3 is 5.97 Å². The summed E-state index contributed by atoms with van der Waals surface area (Å²) in [7, 11) is 1.45. The van der Waals surface area contributed by atoms with Crippen LogP contribution in [0.5, 0.6) is 0 Å². The summed E-state index contributed by atoms with van der Waals surface area (Å²) in [6.07, 6.45) is 4.15. The SMILES string of the molecule is CCC1=C2CC(C)(C)N3C(C(=O)OC)=CC(N23)C1(C)C. The number of hydrogen-bond donors (Lipinski definition) is 0. The number of nitrogens with zero attached hydrogens (tertiary/aromatic N) is 2. The minimum absolute atomic E-state index is 0.0684. The highest BCUT2D eigenvalue weighted by molar-refractivity contribution is 5.89. The molecule has 0 aliphatic carbocycles. The van der Waals surface area contributed by atoms with Crippen molar-refractivity contribution in [3.8, 4) is 0 Å². The first-order chi connectivity index (χ1) is 9.25. The molecule has 1 unspecified atom stereocenters. The summed E-state index contributed by atoms with van der Waals surface area (Å²) in [5.74, 6) is -0.234. The van der Waals surface area contributed by atoms with E-state index >= 15 is 0 Å². The quantitative estimate of drug-likeness (QED) is 0.726. The van der Waals surface area contributed by atoms with Gasteiger partial charge in [-0.15, -0.1) is 0 Å². The van der Waals surface area contributed by atoms with Crippen molar-refractivity contribution in [2.45, 2.75) is 59.0 Å². The summed E-state index contributed by atoms with van der Waals surface area (Å²) in [4.78, 5) is 12.1. The van der Waals surface area contributed by atoms with E-state index in [1.807, 2.05) is 0 Å². The van der Waals surface area contributed by atoms with E-state index in [0.717, 1.165) is 12.8 Å². The molecule has 0 aromatic rings. The summed E-state index contributed by atoms with van der Waals surface area (Å²) in [5, 5.41) is 4.49. The summed E-state index contributed by atoms with van der Waals surface area (Å²) in [5.41, 5.74) is 3.64. The Hall–Kier alpha value is -1.45. The third kappa shape index (κ3) is 1.40. The number of carbonyl (C=O) groups is 1. The smallest absolute Gasteiger partial charge is 0.355 e. The predicted molar refractivity (Wildman–Crippen MR) is 77.4 cm³/mol. The molecule has 0 aromatic heterocycles. The van der Waals surface area contributed by atoms with Crippen LogP contribution < -0.4 is 0 Å². The summed E-state index contributed by atoms with van der Waals surface area (Å²) < 4.78 is 4.97. The van der Waals surface area contributed by atoms with Gasteiger partial charge in [-0.1, -0.05) is 20.8 Å². The van der Waals surface area contributed by atoms with Crippen LogP contribution in [0.4, 0.5) is 0 Å². The van der Waals surface area contributed by atoms with Crippen LogP contribution in [0.3, 0.4) is 0 Å². The minimum atomic E-state index is -0.234. The molecule has 3 rings (SSSR count). The van der Waals surface area contributed by atoms with Crippen molar-refractivity contribution in [2.24, 2.45) is 5.41 Å². The molecule has 0 saturated carbocycles. The molecule has 4 nitrogen and oxygen atoms in total. The Balaban J connectivity index is 2.15. The van der Waals surface area contributed by atoms with E-state index in [1.165, 1.54) is 18.4 Å². The van der Waals surface area contributed by atoms with E-state index in [4.69, 9.17) is 4.74 Å². The van der Waals surface area contributed by atoms with Crippen LogP contribution >= 0.6 is 0 Å². The highest BCUT2D eigenvalue weighted by Crippen LogP contribution is 2.57. The average molecular weight is 276 g/mol.